The van der Waals surface area contributed by atoms with Crippen molar-refractivity contribution in [3.63, 3.8) is 0 Å². The summed E-state index contributed by atoms with van der Waals surface area (Å²) in [6, 6.07) is 13.6. The molecule has 2 aromatic carbocycles. The predicted molar refractivity (Wildman–Crippen MR) is 98.8 cm³/mol. The molecule has 0 saturated heterocycles. The van der Waals surface area contributed by atoms with Crippen LogP contribution in [-0.2, 0) is 21.4 Å². The number of amides is 1. The number of hydrogen-bond acceptors (Lipinski definition) is 4. The van der Waals surface area contributed by atoms with Gasteiger partial charge < -0.3 is 10.1 Å². The Morgan fingerprint density at radius 3 is 2.52 bits per heavy atom. The van der Waals surface area contributed by atoms with Crippen molar-refractivity contribution in [2.24, 2.45) is 0 Å². The van der Waals surface area contributed by atoms with E-state index in [0.717, 1.165) is 14.3 Å². The monoisotopic (exact) mass is 426 g/mol. The van der Waals surface area contributed by atoms with E-state index in [2.05, 4.69) is 21.2 Å². The highest BCUT2D eigenvalue weighted by atomic mass is 79.9. The molecule has 0 saturated carbocycles. The van der Waals surface area contributed by atoms with Gasteiger partial charge in [0.2, 0.25) is 15.9 Å². The van der Waals surface area contributed by atoms with E-state index in [1.54, 1.807) is 19.2 Å². The van der Waals surface area contributed by atoms with E-state index in [9.17, 15) is 13.2 Å². The fourth-order valence-electron chi connectivity index (χ4n) is 2.11. The number of sulfonamides is 1. The van der Waals surface area contributed by atoms with Crippen molar-refractivity contribution < 1.29 is 17.9 Å². The maximum Gasteiger partial charge on any atom is 0.243 e. The second kappa shape index (κ2) is 8.46. The van der Waals surface area contributed by atoms with Gasteiger partial charge in [-0.2, -0.15) is 4.31 Å². The van der Waals surface area contributed by atoms with Crippen LogP contribution in [0.4, 0.5) is 0 Å². The Morgan fingerprint density at radius 1 is 1.20 bits per heavy atom. The van der Waals surface area contributed by atoms with Crippen molar-refractivity contribution in [1.29, 1.82) is 0 Å². The van der Waals surface area contributed by atoms with E-state index in [0.29, 0.717) is 12.3 Å². The maximum atomic E-state index is 12.5. The number of carbonyl (C=O) groups is 1. The molecule has 0 bridgehead atoms. The summed E-state index contributed by atoms with van der Waals surface area (Å²) in [6.45, 7) is 0.0323. The Morgan fingerprint density at radius 2 is 1.88 bits per heavy atom. The molecule has 0 aliphatic carbocycles. The molecule has 134 valence electrons. The number of halogens is 1. The molecular weight excluding hydrogens is 408 g/mol. The lowest BCUT2D eigenvalue weighted by atomic mass is 10.2. The van der Waals surface area contributed by atoms with Crippen LogP contribution in [0.25, 0.3) is 0 Å². The van der Waals surface area contributed by atoms with Gasteiger partial charge in [0, 0.05) is 18.1 Å². The molecule has 2 aromatic rings. The lowest BCUT2D eigenvalue weighted by Crippen LogP contribution is -2.38. The first-order valence-electron chi connectivity index (χ1n) is 7.44. The highest BCUT2D eigenvalue weighted by Gasteiger charge is 2.22. The van der Waals surface area contributed by atoms with Crippen LogP contribution >= 0.6 is 15.9 Å². The smallest absolute Gasteiger partial charge is 0.243 e. The topological polar surface area (TPSA) is 75.7 Å². The average molecular weight is 427 g/mol. The summed E-state index contributed by atoms with van der Waals surface area (Å²) in [5.74, 6) is 0.313. The van der Waals surface area contributed by atoms with Crippen LogP contribution in [0.15, 0.2) is 57.9 Å². The van der Waals surface area contributed by atoms with Crippen LogP contribution in [0, 0.1) is 0 Å². The Balaban J connectivity index is 1.96. The van der Waals surface area contributed by atoms with Crippen LogP contribution in [0.2, 0.25) is 0 Å². The Labute approximate surface area is 156 Å². The van der Waals surface area contributed by atoms with Gasteiger partial charge in [0.1, 0.15) is 5.75 Å². The third-order valence-electron chi connectivity index (χ3n) is 3.51. The zero-order chi connectivity index (χ0) is 18.4. The van der Waals surface area contributed by atoms with E-state index < -0.39 is 10.0 Å². The lowest BCUT2D eigenvalue weighted by molar-refractivity contribution is -0.121. The lowest BCUT2D eigenvalue weighted by Gasteiger charge is -2.17. The average Bonchev–Trinajstić information content (AvgIpc) is 2.60. The Kier molecular flexibility index (Phi) is 6.57. The maximum absolute atomic E-state index is 12.5. The fraction of sp³-hybridized carbons (Fsp3) is 0.235. The second-order valence-electron chi connectivity index (χ2n) is 5.34. The highest BCUT2D eigenvalue weighted by molar-refractivity contribution is 9.10. The molecule has 6 nitrogen and oxygen atoms in total. The minimum absolute atomic E-state index is 0.138. The Hall–Kier alpha value is -1.90. The van der Waals surface area contributed by atoms with Crippen molar-refractivity contribution in [3.05, 3.63) is 58.6 Å². The molecule has 1 amide bonds. The molecule has 0 fully saturated rings. The first-order valence-corrected chi connectivity index (χ1v) is 9.68. The number of hydrogen-bond donors (Lipinski definition) is 1. The van der Waals surface area contributed by atoms with Crippen molar-refractivity contribution in [3.8, 4) is 5.75 Å². The summed E-state index contributed by atoms with van der Waals surface area (Å²) >= 11 is 3.26. The third-order valence-corrected chi connectivity index (χ3v) is 5.86. The van der Waals surface area contributed by atoms with Crippen molar-refractivity contribution in [2.45, 2.75) is 11.4 Å². The largest absolute Gasteiger partial charge is 0.497 e. The quantitative estimate of drug-likeness (QED) is 0.737. The third kappa shape index (κ3) is 5.29. The van der Waals surface area contributed by atoms with Gasteiger partial charge >= 0.3 is 0 Å². The molecule has 0 heterocycles. The van der Waals surface area contributed by atoms with E-state index in [1.807, 2.05) is 24.3 Å². The summed E-state index contributed by atoms with van der Waals surface area (Å²) in [7, 11) is -0.766. The van der Waals surface area contributed by atoms with Gasteiger partial charge in [-0.3, -0.25) is 4.79 Å². The highest BCUT2D eigenvalue weighted by Crippen LogP contribution is 2.17. The number of benzene rings is 2. The standard InChI is InChI=1S/C17H19BrN2O4S/c1-20(25(22,23)16-8-6-14(18)7-9-16)12-17(21)19-11-13-4-3-5-15(10-13)24-2/h3-10H,11-12H2,1-2H3,(H,19,21). The second-order valence-corrected chi connectivity index (χ2v) is 8.30. The molecule has 0 aliphatic heterocycles. The first kappa shape index (κ1) is 19.4. The molecule has 0 aromatic heterocycles. The van der Waals surface area contributed by atoms with Gasteiger partial charge in [-0.15, -0.1) is 0 Å². The molecule has 1 N–H and O–H groups in total. The van der Waals surface area contributed by atoms with E-state index in [4.69, 9.17) is 4.74 Å². The first-order chi connectivity index (χ1) is 11.8. The molecule has 0 aliphatic rings. The van der Waals surface area contributed by atoms with Crippen LogP contribution in [0.5, 0.6) is 5.75 Å². The number of methoxy groups -OCH3 is 1. The molecular formula is C17H19BrN2O4S. The zero-order valence-electron chi connectivity index (χ0n) is 13.9. The van der Waals surface area contributed by atoms with Gasteiger partial charge in [0.15, 0.2) is 0 Å². The molecule has 0 spiro atoms. The number of ether oxygens (including phenoxy) is 1. The van der Waals surface area contributed by atoms with Gasteiger partial charge in [-0.05, 0) is 42.0 Å². The van der Waals surface area contributed by atoms with E-state index >= 15 is 0 Å². The molecule has 8 heteroatoms. The molecule has 0 atom stereocenters. The van der Waals surface area contributed by atoms with Gasteiger partial charge in [0.05, 0.1) is 18.6 Å². The summed E-state index contributed by atoms with van der Waals surface area (Å²) < 4.78 is 31.8. The van der Waals surface area contributed by atoms with E-state index in [1.165, 1.54) is 19.2 Å². The molecule has 2 rings (SSSR count). The number of rotatable bonds is 7. The predicted octanol–water partition coefficient (Wildman–Crippen LogP) is 2.39. The van der Waals surface area contributed by atoms with Crippen molar-refractivity contribution in [1.82, 2.24) is 9.62 Å². The molecule has 25 heavy (non-hydrogen) atoms. The number of carbonyl (C=O) groups excluding carboxylic acids is 1. The summed E-state index contributed by atoms with van der Waals surface area (Å²) in [6.07, 6.45) is 0. The summed E-state index contributed by atoms with van der Waals surface area (Å²) in [5.41, 5.74) is 0.867. The number of likely N-dealkylation sites (N-methyl/N-ethyl adjacent to an activating group) is 1. The van der Waals surface area contributed by atoms with E-state index in [-0.39, 0.29) is 17.3 Å². The van der Waals surface area contributed by atoms with Crippen molar-refractivity contribution in [2.75, 3.05) is 20.7 Å². The molecule has 0 unspecified atom stereocenters. The minimum Gasteiger partial charge on any atom is -0.497 e. The number of nitrogens with one attached hydrogen (secondary N) is 1. The van der Waals surface area contributed by atoms with Crippen LogP contribution in [0.1, 0.15) is 5.56 Å². The van der Waals surface area contributed by atoms with Crippen LogP contribution in [-0.4, -0.2) is 39.3 Å². The van der Waals surface area contributed by atoms with Gasteiger partial charge in [-0.1, -0.05) is 28.1 Å². The minimum atomic E-state index is -3.71. The summed E-state index contributed by atoms with van der Waals surface area (Å²) in [4.78, 5) is 12.2. The van der Waals surface area contributed by atoms with Crippen LogP contribution in [0.3, 0.4) is 0 Å². The SMILES string of the molecule is COc1cccc(CNC(=O)CN(C)S(=O)(=O)c2ccc(Br)cc2)c1. The van der Waals surface area contributed by atoms with Gasteiger partial charge in [-0.25, -0.2) is 8.42 Å². The number of nitrogens with zero attached hydrogens (tertiary/aromatic N) is 1. The van der Waals surface area contributed by atoms with Gasteiger partial charge in [0.25, 0.3) is 0 Å². The van der Waals surface area contributed by atoms with Crippen molar-refractivity contribution >= 4 is 31.9 Å². The fourth-order valence-corrected chi connectivity index (χ4v) is 3.50. The molecule has 0 radical (unpaired) electrons. The Bertz CT molecular complexity index is 838. The normalized spacial score (nSPS) is 11.4. The zero-order valence-corrected chi connectivity index (χ0v) is 16.3. The van der Waals surface area contributed by atoms with Crippen LogP contribution < -0.4 is 10.1 Å². The summed E-state index contributed by atoms with van der Waals surface area (Å²) in [5, 5.41) is 2.71.